The molecule has 1 heterocycles. The molecule has 0 atom stereocenters. The number of aryl methyl sites for hydroxylation is 1. The second kappa shape index (κ2) is 8.14. The van der Waals surface area contributed by atoms with E-state index in [-0.39, 0.29) is 17.1 Å². The lowest BCUT2D eigenvalue weighted by atomic mass is 10.2. The van der Waals surface area contributed by atoms with Crippen molar-refractivity contribution in [3.63, 3.8) is 0 Å². The number of carbonyl (C=O) groups excluding carboxylic acids is 1. The molecular formula is C16H13ClN6O3S. The van der Waals surface area contributed by atoms with Crippen LogP contribution in [0.4, 0.5) is 11.4 Å². The second-order valence-electron chi connectivity index (χ2n) is 5.46. The van der Waals surface area contributed by atoms with Gasteiger partial charge in [-0.2, -0.15) is 4.68 Å². The average molecular weight is 405 g/mol. The number of hydrogen-bond acceptors (Lipinski definition) is 7. The molecule has 0 spiro atoms. The van der Waals surface area contributed by atoms with E-state index in [1.165, 1.54) is 16.8 Å². The van der Waals surface area contributed by atoms with E-state index in [4.69, 9.17) is 11.6 Å². The van der Waals surface area contributed by atoms with Gasteiger partial charge in [0.1, 0.15) is 5.69 Å². The van der Waals surface area contributed by atoms with Crippen LogP contribution in [0.1, 0.15) is 5.56 Å². The van der Waals surface area contributed by atoms with E-state index in [9.17, 15) is 14.9 Å². The quantitative estimate of drug-likeness (QED) is 0.380. The van der Waals surface area contributed by atoms with E-state index < -0.39 is 10.8 Å². The van der Waals surface area contributed by atoms with E-state index in [2.05, 4.69) is 20.8 Å². The van der Waals surface area contributed by atoms with E-state index in [1.807, 2.05) is 0 Å². The van der Waals surface area contributed by atoms with Gasteiger partial charge in [-0.15, -0.1) is 5.10 Å². The lowest BCUT2D eigenvalue weighted by Crippen LogP contribution is -2.15. The highest BCUT2D eigenvalue weighted by Gasteiger charge is 2.17. The van der Waals surface area contributed by atoms with Crippen molar-refractivity contribution in [3.8, 4) is 5.69 Å². The summed E-state index contributed by atoms with van der Waals surface area (Å²) in [6, 6.07) is 11.5. The van der Waals surface area contributed by atoms with Gasteiger partial charge in [0.25, 0.3) is 5.69 Å². The van der Waals surface area contributed by atoms with Crippen LogP contribution in [0.25, 0.3) is 5.69 Å². The molecule has 27 heavy (non-hydrogen) atoms. The first-order valence-corrected chi connectivity index (χ1v) is 9.02. The van der Waals surface area contributed by atoms with Crippen molar-refractivity contribution in [1.82, 2.24) is 20.2 Å². The molecule has 0 unspecified atom stereocenters. The van der Waals surface area contributed by atoms with Crippen molar-refractivity contribution in [3.05, 3.63) is 63.2 Å². The van der Waals surface area contributed by atoms with Crippen LogP contribution >= 0.6 is 23.4 Å². The molecule has 0 aliphatic rings. The van der Waals surface area contributed by atoms with E-state index in [0.29, 0.717) is 15.9 Å². The third-order valence-electron chi connectivity index (χ3n) is 3.47. The zero-order chi connectivity index (χ0) is 19.4. The number of carbonyl (C=O) groups is 1. The van der Waals surface area contributed by atoms with Crippen molar-refractivity contribution >= 4 is 40.6 Å². The summed E-state index contributed by atoms with van der Waals surface area (Å²) < 4.78 is 1.47. The molecule has 0 saturated carbocycles. The number of benzene rings is 2. The number of nitrogens with one attached hydrogen (secondary N) is 1. The first kappa shape index (κ1) is 18.8. The lowest BCUT2D eigenvalue weighted by molar-refractivity contribution is -0.384. The molecule has 0 aliphatic heterocycles. The Bertz CT molecular complexity index is 992. The number of hydrogen-bond donors (Lipinski definition) is 1. The molecule has 3 aromatic rings. The highest BCUT2D eigenvalue weighted by molar-refractivity contribution is 7.99. The van der Waals surface area contributed by atoms with Gasteiger partial charge in [-0.25, -0.2) is 0 Å². The van der Waals surface area contributed by atoms with Crippen molar-refractivity contribution in [1.29, 1.82) is 0 Å². The number of anilines is 1. The van der Waals surface area contributed by atoms with Crippen LogP contribution in [0.2, 0.25) is 5.02 Å². The van der Waals surface area contributed by atoms with Crippen molar-refractivity contribution < 1.29 is 9.72 Å². The van der Waals surface area contributed by atoms with Gasteiger partial charge in [-0.05, 0) is 53.2 Å². The largest absolute Gasteiger partial charge is 0.320 e. The molecular weight excluding hydrogens is 392 g/mol. The summed E-state index contributed by atoms with van der Waals surface area (Å²) in [6.45, 7) is 1.74. The highest BCUT2D eigenvalue weighted by Crippen LogP contribution is 2.26. The van der Waals surface area contributed by atoms with Crippen LogP contribution in [0.5, 0.6) is 0 Å². The van der Waals surface area contributed by atoms with Crippen LogP contribution in [-0.4, -0.2) is 36.8 Å². The molecule has 138 valence electrons. The normalized spacial score (nSPS) is 10.6. The number of tetrazole rings is 1. The van der Waals surface area contributed by atoms with Gasteiger partial charge in [-0.3, -0.25) is 14.9 Å². The zero-order valence-electron chi connectivity index (χ0n) is 14.0. The van der Waals surface area contributed by atoms with Crippen molar-refractivity contribution in [2.24, 2.45) is 0 Å². The number of nitro groups is 1. The summed E-state index contributed by atoms with van der Waals surface area (Å²) >= 11 is 6.98. The Labute approximate surface area is 162 Å². The zero-order valence-corrected chi connectivity index (χ0v) is 15.6. The number of nitrogens with zero attached hydrogens (tertiary/aromatic N) is 5. The first-order valence-electron chi connectivity index (χ1n) is 7.66. The Morgan fingerprint density at radius 1 is 1.30 bits per heavy atom. The average Bonchev–Trinajstić information content (AvgIpc) is 3.10. The number of halogens is 1. The fourth-order valence-electron chi connectivity index (χ4n) is 2.23. The predicted molar refractivity (Wildman–Crippen MR) is 101 cm³/mol. The van der Waals surface area contributed by atoms with Gasteiger partial charge >= 0.3 is 0 Å². The standard InChI is InChI=1S/C16H13ClN6O3S/c1-10-2-7-13(14(8-10)23(25)26)18-15(24)9-27-16-19-20-21-22(16)12-5-3-11(17)4-6-12/h2-8H,9H2,1H3,(H,18,24). The van der Waals surface area contributed by atoms with Crippen molar-refractivity contribution in [2.45, 2.75) is 12.1 Å². The molecule has 0 aliphatic carbocycles. The Kier molecular flexibility index (Phi) is 5.67. The predicted octanol–water partition coefficient (Wildman–Crippen LogP) is 3.26. The minimum absolute atomic E-state index is 0.0149. The monoisotopic (exact) mass is 404 g/mol. The number of amides is 1. The van der Waals surface area contributed by atoms with Crippen LogP contribution in [0, 0.1) is 17.0 Å². The third kappa shape index (κ3) is 4.60. The Morgan fingerprint density at radius 3 is 2.74 bits per heavy atom. The summed E-state index contributed by atoms with van der Waals surface area (Å²) in [4.78, 5) is 22.8. The minimum Gasteiger partial charge on any atom is -0.320 e. The van der Waals surface area contributed by atoms with Gasteiger partial charge in [0.2, 0.25) is 11.1 Å². The molecule has 0 radical (unpaired) electrons. The van der Waals surface area contributed by atoms with E-state index in [1.54, 1.807) is 37.3 Å². The third-order valence-corrected chi connectivity index (χ3v) is 4.64. The maximum Gasteiger partial charge on any atom is 0.293 e. The molecule has 0 saturated heterocycles. The summed E-state index contributed by atoms with van der Waals surface area (Å²) in [5.41, 5.74) is 1.42. The summed E-state index contributed by atoms with van der Waals surface area (Å²) in [5, 5.41) is 26.1. The summed E-state index contributed by atoms with van der Waals surface area (Å²) in [7, 11) is 0. The van der Waals surface area contributed by atoms with E-state index in [0.717, 1.165) is 17.3 Å². The number of thioether (sulfide) groups is 1. The van der Waals surface area contributed by atoms with E-state index >= 15 is 0 Å². The highest BCUT2D eigenvalue weighted by atomic mass is 35.5. The van der Waals surface area contributed by atoms with Gasteiger partial charge in [0, 0.05) is 11.1 Å². The number of aromatic nitrogens is 4. The summed E-state index contributed by atoms with van der Waals surface area (Å²) in [5.74, 6) is -0.420. The molecule has 1 N–H and O–H groups in total. The Morgan fingerprint density at radius 2 is 2.04 bits per heavy atom. The number of rotatable bonds is 6. The van der Waals surface area contributed by atoms with Gasteiger partial charge in [0.05, 0.1) is 16.4 Å². The molecule has 0 fully saturated rings. The van der Waals surface area contributed by atoms with Gasteiger partial charge < -0.3 is 5.32 Å². The molecule has 0 bridgehead atoms. The Hall–Kier alpha value is -2.98. The van der Waals surface area contributed by atoms with Gasteiger partial charge in [-0.1, -0.05) is 29.4 Å². The lowest BCUT2D eigenvalue weighted by Gasteiger charge is -2.07. The molecule has 3 rings (SSSR count). The summed E-state index contributed by atoms with van der Waals surface area (Å²) in [6.07, 6.45) is 0. The SMILES string of the molecule is Cc1ccc(NC(=O)CSc2nnnn2-c2ccc(Cl)cc2)c([N+](=O)[O-])c1. The fraction of sp³-hybridized carbons (Fsp3) is 0.125. The Balaban J connectivity index is 1.68. The molecule has 9 nitrogen and oxygen atoms in total. The van der Waals surface area contributed by atoms with Crippen LogP contribution in [0.15, 0.2) is 47.6 Å². The van der Waals surface area contributed by atoms with Crippen LogP contribution in [-0.2, 0) is 4.79 Å². The molecule has 1 aromatic heterocycles. The molecule has 2 aromatic carbocycles. The fourth-order valence-corrected chi connectivity index (χ4v) is 3.04. The smallest absolute Gasteiger partial charge is 0.293 e. The minimum atomic E-state index is -0.531. The first-order chi connectivity index (χ1) is 12.9. The maximum atomic E-state index is 12.2. The molecule has 1 amide bonds. The topological polar surface area (TPSA) is 116 Å². The van der Waals surface area contributed by atoms with Crippen molar-refractivity contribution in [2.75, 3.05) is 11.1 Å². The number of nitro benzene ring substituents is 1. The van der Waals surface area contributed by atoms with Crippen LogP contribution < -0.4 is 5.32 Å². The van der Waals surface area contributed by atoms with Gasteiger partial charge in [0.15, 0.2) is 0 Å². The maximum absolute atomic E-state index is 12.2. The second-order valence-corrected chi connectivity index (χ2v) is 6.84. The molecule has 11 heteroatoms. The van der Waals surface area contributed by atoms with Crippen LogP contribution in [0.3, 0.4) is 0 Å².